The normalized spacial score (nSPS) is 11.3. The summed E-state index contributed by atoms with van der Waals surface area (Å²) in [4.78, 5) is 15.2. The van der Waals surface area contributed by atoms with Gasteiger partial charge in [0.15, 0.2) is 0 Å². The summed E-state index contributed by atoms with van der Waals surface area (Å²) in [5.41, 5.74) is 3.40. The Labute approximate surface area is 174 Å². The molecule has 4 rings (SSSR count). The summed E-state index contributed by atoms with van der Waals surface area (Å²) in [6.45, 7) is 0.785. The second-order valence-electron chi connectivity index (χ2n) is 6.40. The van der Waals surface area contributed by atoms with Crippen molar-refractivity contribution in [3.05, 3.63) is 96.6 Å². The third kappa shape index (κ3) is 5.26. The van der Waals surface area contributed by atoms with E-state index in [1.807, 2.05) is 85.2 Å². The summed E-state index contributed by atoms with van der Waals surface area (Å²) in [6, 6.07) is 23.1. The lowest BCUT2D eigenvalue weighted by atomic mass is 10.3. The predicted molar refractivity (Wildman–Crippen MR) is 120 cm³/mol. The molecule has 0 radical (unpaired) electrons. The minimum Gasteiger partial charge on any atom is -0.488 e. The zero-order valence-electron chi connectivity index (χ0n) is 16.4. The molecule has 2 N–H and O–H groups in total. The second-order valence-corrected chi connectivity index (χ2v) is 6.40. The zero-order valence-corrected chi connectivity index (χ0v) is 16.4. The summed E-state index contributed by atoms with van der Waals surface area (Å²) in [6.07, 6.45) is 7.27. The minimum atomic E-state index is 0.393. The summed E-state index contributed by atoms with van der Waals surface area (Å²) in [7, 11) is 0. The number of hydrogen-bond acceptors (Lipinski definition) is 4. The first kappa shape index (κ1) is 19.3. The quantitative estimate of drug-likeness (QED) is 0.296. The fraction of sp³-hybridized carbons (Fsp3) is 0.0833. The van der Waals surface area contributed by atoms with E-state index < -0.39 is 0 Å². The van der Waals surface area contributed by atoms with Gasteiger partial charge in [0.05, 0.1) is 23.8 Å². The maximum atomic E-state index is 5.90. The fourth-order valence-corrected chi connectivity index (χ4v) is 2.80. The van der Waals surface area contributed by atoms with Crippen molar-refractivity contribution in [2.24, 2.45) is 9.98 Å². The van der Waals surface area contributed by atoms with Crippen LogP contribution in [0.1, 0.15) is 11.4 Å². The maximum Gasteiger partial charge on any atom is 0.145 e. The molecule has 0 saturated carbocycles. The monoisotopic (exact) mass is 398 g/mol. The third-order valence-corrected chi connectivity index (χ3v) is 4.26. The maximum absolute atomic E-state index is 5.90. The highest BCUT2D eigenvalue weighted by molar-refractivity contribution is 5.81. The first-order valence-corrected chi connectivity index (χ1v) is 9.67. The molecule has 0 aliphatic heterocycles. The topological polar surface area (TPSA) is 74.8 Å². The summed E-state index contributed by atoms with van der Waals surface area (Å²) in [5, 5.41) is 0. The number of para-hydroxylation sites is 4. The van der Waals surface area contributed by atoms with Gasteiger partial charge in [0, 0.05) is 12.4 Å². The molecular weight excluding hydrogens is 376 g/mol. The molecule has 0 spiro atoms. The van der Waals surface area contributed by atoms with Gasteiger partial charge in [-0.25, -0.2) is 0 Å². The van der Waals surface area contributed by atoms with E-state index in [1.165, 1.54) is 0 Å². The lowest BCUT2D eigenvalue weighted by molar-refractivity contribution is 0.218. The number of H-pyrrole nitrogens is 2. The van der Waals surface area contributed by atoms with Crippen LogP contribution < -0.4 is 9.47 Å². The lowest BCUT2D eigenvalue weighted by Gasteiger charge is -2.11. The molecule has 6 nitrogen and oxygen atoms in total. The molecule has 0 unspecified atom stereocenters. The molecule has 2 heterocycles. The van der Waals surface area contributed by atoms with Crippen molar-refractivity contribution in [2.45, 2.75) is 0 Å². The molecule has 2 aromatic heterocycles. The average molecular weight is 398 g/mol. The first-order valence-electron chi connectivity index (χ1n) is 9.67. The van der Waals surface area contributed by atoms with E-state index in [4.69, 9.17) is 9.47 Å². The largest absolute Gasteiger partial charge is 0.488 e. The van der Waals surface area contributed by atoms with Gasteiger partial charge in [-0.3, -0.25) is 9.98 Å². The number of hydrogen-bond donors (Lipinski definition) is 2. The van der Waals surface area contributed by atoms with Crippen molar-refractivity contribution in [3.63, 3.8) is 0 Å². The van der Waals surface area contributed by atoms with Crippen LogP contribution in [0, 0.1) is 0 Å². The SMILES string of the molecule is C(=Nc1ccccc1OCCOc1ccccc1N=Cc1ccc[nH]1)c1ccc[nH]1. The van der Waals surface area contributed by atoms with Gasteiger partial charge in [-0.1, -0.05) is 24.3 Å². The van der Waals surface area contributed by atoms with Gasteiger partial charge in [0.25, 0.3) is 0 Å². The highest BCUT2D eigenvalue weighted by atomic mass is 16.5. The average Bonchev–Trinajstić information content (AvgIpc) is 3.49. The van der Waals surface area contributed by atoms with E-state index in [9.17, 15) is 0 Å². The van der Waals surface area contributed by atoms with Crippen molar-refractivity contribution in [2.75, 3.05) is 13.2 Å². The molecule has 0 bridgehead atoms. The molecule has 4 aromatic rings. The molecule has 0 saturated heterocycles. The van der Waals surface area contributed by atoms with Crippen molar-refractivity contribution >= 4 is 23.8 Å². The van der Waals surface area contributed by atoms with Crippen LogP contribution in [0.3, 0.4) is 0 Å². The van der Waals surface area contributed by atoms with E-state index in [1.54, 1.807) is 12.4 Å². The molecule has 6 heteroatoms. The number of benzene rings is 2. The van der Waals surface area contributed by atoms with E-state index in [0.717, 1.165) is 22.8 Å². The van der Waals surface area contributed by atoms with Gasteiger partial charge in [0.1, 0.15) is 36.1 Å². The number of aliphatic imine (C=N–C) groups is 2. The molecule has 0 aliphatic rings. The van der Waals surface area contributed by atoms with E-state index in [0.29, 0.717) is 24.7 Å². The van der Waals surface area contributed by atoms with E-state index >= 15 is 0 Å². The van der Waals surface area contributed by atoms with Crippen molar-refractivity contribution < 1.29 is 9.47 Å². The number of aromatic nitrogens is 2. The standard InChI is InChI=1S/C24H22N4O2/c1-3-11-23(21(9-1)27-17-19-7-5-13-25-19)29-15-16-30-24-12-4-2-10-22(24)28-18-20-8-6-14-26-20/h1-14,17-18,25-26H,15-16H2. The number of rotatable bonds is 9. The molecule has 0 atom stereocenters. The first-order chi connectivity index (χ1) is 14.9. The smallest absolute Gasteiger partial charge is 0.145 e. The van der Waals surface area contributed by atoms with Crippen molar-refractivity contribution in [1.82, 2.24) is 9.97 Å². The van der Waals surface area contributed by atoms with Gasteiger partial charge in [-0.15, -0.1) is 0 Å². The zero-order chi connectivity index (χ0) is 20.4. The fourth-order valence-electron chi connectivity index (χ4n) is 2.80. The van der Waals surface area contributed by atoms with Gasteiger partial charge < -0.3 is 19.4 Å². The Balaban J connectivity index is 1.34. The van der Waals surface area contributed by atoms with E-state index in [2.05, 4.69) is 20.0 Å². The number of aromatic amines is 2. The van der Waals surface area contributed by atoms with Crippen molar-refractivity contribution in [3.8, 4) is 11.5 Å². The third-order valence-electron chi connectivity index (χ3n) is 4.26. The Bertz CT molecular complexity index is 1010. The number of nitrogens with one attached hydrogen (secondary N) is 2. The second kappa shape index (κ2) is 9.93. The molecule has 0 amide bonds. The van der Waals surface area contributed by atoms with Crippen LogP contribution in [0.25, 0.3) is 0 Å². The van der Waals surface area contributed by atoms with Crippen molar-refractivity contribution in [1.29, 1.82) is 0 Å². The summed E-state index contributed by atoms with van der Waals surface area (Å²) in [5.74, 6) is 1.42. The Kier molecular flexibility index (Phi) is 6.38. The van der Waals surface area contributed by atoms with Crippen LogP contribution in [-0.4, -0.2) is 35.6 Å². The van der Waals surface area contributed by atoms with Crippen LogP contribution >= 0.6 is 0 Å². The summed E-state index contributed by atoms with van der Waals surface area (Å²) < 4.78 is 11.8. The number of nitrogens with zero attached hydrogens (tertiary/aromatic N) is 2. The lowest BCUT2D eigenvalue weighted by Crippen LogP contribution is -2.09. The van der Waals surface area contributed by atoms with Crippen LogP contribution in [0.5, 0.6) is 11.5 Å². The Morgan fingerprint density at radius 1 is 0.600 bits per heavy atom. The summed E-state index contributed by atoms with van der Waals surface area (Å²) >= 11 is 0. The molecule has 30 heavy (non-hydrogen) atoms. The molecule has 2 aromatic carbocycles. The van der Waals surface area contributed by atoms with Crippen LogP contribution in [0.4, 0.5) is 11.4 Å². The van der Waals surface area contributed by atoms with Gasteiger partial charge >= 0.3 is 0 Å². The molecular formula is C24H22N4O2. The molecule has 0 aliphatic carbocycles. The van der Waals surface area contributed by atoms with Crippen LogP contribution in [0.15, 0.2) is 95.2 Å². The Hall–Kier alpha value is -4.06. The van der Waals surface area contributed by atoms with Crippen LogP contribution in [-0.2, 0) is 0 Å². The highest BCUT2D eigenvalue weighted by Crippen LogP contribution is 2.28. The van der Waals surface area contributed by atoms with Crippen LogP contribution in [0.2, 0.25) is 0 Å². The van der Waals surface area contributed by atoms with Gasteiger partial charge in [-0.05, 0) is 48.5 Å². The Morgan fingerprint density at radius 2 is 1.07 bits per heavy atom. The van der Waals surface area contributed by atoms with E-state index in [-0.39, 0.29) is 0 Å². The highest BCUT2D eigenvalue weighted by Gasteiger charge is 2.04. The Morgan fingerprint density at radius 3 is 1.50 bits per heavy atom. The predicted octanol–water partition coefficient (Wildman–Crippen LogP) is 5.30. The van der Waals surface area contributed by atoms with Gasteiger partial charge in [-0.2, -0.15) is 0 Å². The minimum absolute atomic E-state index is 0.393. The molecule has 0 fully saturated rings. The number of ether oxygens (including phenoxy) is 2. The molecule has 150 valence electrons. The van der Waals surface area contributed by atoms with Gasteiger partial charge in [0.2, 0.25) is 0 Å².